The first-order valence-corrected chi connectivity index (χ1v) is 10.4. The van der Waals surface area contributed by atoms with Crippen molar-refractivity contribution in [2.45, 2.75) is 32.4 Å². The van der Waals surface area contributed by atoms with Crippen molar-refractivity contribution in [3.05, 3.63) is 40.2 Å². The van der Waals surface area contributed by atoms with Crippen LogP contribution in [0.2, 0.25) is 5.02 Å². The highest BCUT2D eigenvalue weighted by atomic mass is 35.5. The van der Waals surface area contributed by atoms with Crippen LogP contribution in [0.4, 0.5) is 18.3 Å². The molecule has 1 amide bonds. The Morgan fingerprint density at radius 2 is 1.83 bits per heavy atom. The molecule has 1 fully saturated rings. The maximum absolute atomic E-state index is 12.9. The maximum atomic E-state index is 12.9. The molecule has 1 aliphatic rings. The third-order valence-corrected chi connectivity index (χ3v) is 5.63. The minimum absolute atomic E-state index is 0.0259. The molecule has 0 unspecified atom stereocenters. The van der Waals surface area contributed by atoms with Crippen LogP contribution in [-0.4, -0.2) is 46.3 Å². The summed E-state index contributed by atoms with van der Waals surface area (Å²) in [6.45, 7) is 8.18. The van der Waals surface area contributed by atoms with E-state index in [4.69, 9.17) is 11.6 Å². The quantitative estimate of drug-likeness (QED) is 0.603. The van der Waals surface area contributed by atoms with Gasteiger partial charge in [-0.05, 0) is 18.2 Å². The summed E-state index contributed by atoms with van der Waals surface area (Å²) in [4.78, 5) is 20.6. The third-order valence-electron chi connectivity index (χ3n) is 4.52. The zero-order chi connectivity index (χ0) is 22.1. The summed E-state index contributed by atoms with van der Waals surface area (Å²) >= 11 is 7.26. The molecule has 2 aromatic rings. The second-order valence-corrected chi connectivity index (χ2v) is 9.01. The topological polar surface area (TPSA) is 49.3 Å². The van der Waals surface area contributed by atoms with Gasteiger partial charge < -0.3 is 9.80 Å². The lowest BCUT2D eigenvalue weighted by Gasteiger charge is -2.33. The van der Waals surface area contributed by atoms with E-state index in [0.717, 1.165) is 29.2 Å². The summed E-state index contributed by atoms with van der Waals surface area (Å²) in [6.07, 6.45) is -4.50. The van der Waals surface area contributed by atoms with Gasteiger partial charge in [0.1, 0.15) is 5.82 Å². The van der Waals surface area contributed by atoms with Crippen LogP contribution in [0.3, 0.4) is 0 Å². The Hall–Kier alpha value is -2.31. The summed E-state index contributed by atoms with van der Waals surface area (Å²) in [5.41, 5.74) is -1.02. The zero-order valence-corrected chi connectivity index (χ0v) is 18.3. The zero-order valence-electron chi connectivity index (χ0n) is 16.7. The molecule has 1 aromatic heterocycles. The number of hydrogen-bond donors (Lipinski definition) is 0. The van der Waals surface area contributed by atoms with E-state index in [9.17, 15) is 18.0 Å². The van der Waals surface area contributed by atoms with E-state index in [0.29, 0.717) is 26.2 Å². The molecule has 1 aliphatic heterocycles. The van der Waals surface area contributed by atoms with Gasteiger partial charge in [-0.15, -0.1) is 0 Å². The molecule has 0 aliphatic carbocycles. The molecule has 0 bridgehead atoms. The molecule has 30 heavy (non-hydrogen) atoms. The summed E-state index contributed by atoms with van der Waals surface area (Å²) < 4.78 is 43.0. The molecular formula is C20H20ClF3N4OS. The Bertz CT molecular complexity index is 996. The molecule has 160 valence electrons. The third kappa shape index (κ3) is 5.24. The second kappa shape index (κ2) is 8.44. The molecule has 1 saturated heterocycles. The molecule has 10 heteroatoms. The van der Waals surface area contributed by atoms with Crippen LogP contribution in [0.15, 0.2) is 18.2 Å². The van der Waals surface area contributed by atoms with Crippen LogP contribution >= 0.6 is 23.1 Å². The number of nitrogens with zero attached hydrogens (tertiary/aromatic N) is 4. The normalized spacial score (nSPS) is 15.0. The Kier molecular flexibility index (Phi) is 6.29. The van der Waals surface area contributed by atoms with Gasteiger partial charge in [-0.2, -0.15) is 17.5 Å². The van der Waals surface area contributed by atoms with E-state index in [1.165, 1.54) is 11.5 Å². The number of benzene rings is 1. The van der Waals surface area contributed by atoms with E-state index in [2.05, 4.69) is 26.1 Å². The first-order valence-electron chi connectivity index (χ1n) is 9.22. The van der Waals surface area contributed by atoms with Crippen LogP contribution in [-0.2, 0) is 16.4 Å². The lowest BCUT2D eigenvalue weighted by atomic mass is 9.96. The molecule has 0 atom stereocenters. The number of anilines is 1. The summed E-state index contributed by atoms with van der Waals surface area (Å²) in [7, 11) is 0. The fourth-order valence-electron chi connectivity index (χ4n) is 2.75. The number of rotatable bonds is 1. The average molecular weight is 457 g/mol. The second-order valence-electron chi connectivity index (χ2n) is 7.87. The predicted molar refractivity (Wildman–Crippen MR) is 111 cm³/mol. The number of alkyl halides is 3. The summed E-state index contributed by atoms with van der Waals surface area (Å²) in [5, 5.41) is 0.882. The predicted octanol–water partition coefficient (Wildman–Crippen LogP) is 4.21. The van der Waals surface area contributed by atoms with Crippen LogP contribution in [0.25, 0.3) is 0 Å². The molecule has 2 heterocycles. The van der Waals surface area contributed by atoms with E-state index in [-0.39, 0.29) is 16.0 Å². The van der Waals surface area contributed by atoms with E-state index >= 15 is 0 Å². The molecule has 0 spiro atoms. The number of halogens is 4. The Labute approximate surface area is 182 Å². The number of carbonyl (C=O) groups is 1. The van der Waals surface area contributed by atoms with Crippen LogP contribution in [0.5, 0.6) is 0 Å². The van der Waals surface area contributed by atoms with E-state index < -0.39 is 17.6 Å². The summed E-state index contributed by atoms with van der Waals surface area (Å²) in [5.74, 6) is 5.22. The minimum atomic E-state index is -4.50. The van der Waals surface area contributed by atoms with Gasteiger partial charge in [-0.25, -0.2) is 4.98 Å². The monoisotopic (exact) mass is 456 g/mol. The van der Waals surface area contributed by atoms with Gasteiger partial charge in [0.05, 0.1) is 10.6 Å². The van der Waals surface area contributed by atoms with Crippen LogP contribution in [0.1, 0.15) is 37.7 Å². The Morgan fingerprint density at radius 3 is 2.40 bits per heavy atom. The van der Waals surface area contributed by atoms with Crippen molar-refractivity contribution in [3.63, 3.8) is 0 Å². The number of piperazine rings is 1. The number of aromatic nitrogens is 2. The highest BCUT2D eigenvalue weighted by Gasteiger charge is 2.31. The first kappa shape index (κ1) is 22.4. The Morgan fingerprint density at radius 1 is 1.17 bits per heavy atom. The average Bonchev–Trinajstić information content (AvgIpc) is 3.17. The summed E-state index contributed by atoms with van der Waals surface area (Å²) in [6, 6.07) is 2.86. The van der Waals surface area contributed by atoms with Gasteiger partial charge in [0.25, 0.3) is 5.91 Å². The van der Waals surface area contributed by atoms with Crippen molar-refractivity contribution >= 4 is 34.2 Å². The molecular weight excluding hydrogens is 437 g/mol. The van der Waals surface area contributed by atoms with Crippen LogP contribution < -0.4 is 4.90 Å². The number of amides is 1. The van der Waals surface area contributed by atoms with Gasteiger partial charge in [-0.1, -0.05) is 38.3 Å². The van der Waals surface area contributed by atoms with Crippen molar-refractivity contribution < 1.29 is 18.0 Å². The largest absolute Gasteiger partial charge is 0.416 e. The lowest BCUT2D eigenvalue weighted by Crippen LogP contribution is -2.48. The molecule has 0 radical (unpaired) electrons. The SMILES string of the molecule is CC(C)(C)c1nsc(N2CCN(C(=O)C#Cc3cc(C(F)(F)F)ccc3Cl)CC2)n1. The Balaban J connectivity index is 1.64. The van der Waals surface area contributed by atoms with Crippen molar-refractivity contribution in [1.82, 2.24) is 14.3 Å². The fourth-order valence-corrected chi connectivity index (χ4v) is 3.82. The van der Waals surface area contributed by atoms with E-state index in [1.807, 2.05) is 20.8 Å². The van der Waals surface area contributed by atoms with E-state index in [1.54, 1.807) is 4.90 Å². The van der Waals surface area contributed by atoms with Crippen molar-refractivity contribution in [1.29, 1.82) is 0 Å². The van der Waals surface area contributed by atoms with Gasteiger partial charge in [0.2, 0.25) is 5.13 Å². The van der Waals surface area contributed by atoms with Gasteiger partial charge in [-0.3, -0.25) is 4.79 Å². The maximum Gasteiger partial charge on any atom is 0.416 e. The molecule has 1 aromatic carbocycles. The molecule has 5 nitrogen and oxygen atoms in total. The van der Waals surface area contributed by atoms with Crippen LogP contribution in [0, 0.1) is 11.8 Å². The standard InChI is InChI=1S/C20H20ClF3N4OS/c1-19(2,3)17-25-18(30-26-17)28-10-8-27(9-11-28)16(29)7-4-13-12-14(20(22,23)24)5-6-15(13)21/h5-6,12H,8-11H2,1-3H3. The van der Waals surface area contributed by atoms with Gasteiger partial charge >= 0.3 is 6.18 Å². The van der Waals surface area contributed by atoms with Gasteiger partial charge in [0, 0.05) is 54.6 Å². The number of hydrogen-bond acceptors (Lipinski definition) is 5. The van der Waals surface area contributed by atoms with Crippen molar-refractivity contribution in [2.24, 2.45) is 0 Å². The molecule has 0 saturated carbocycles. The van der Waals surface area contributed by atoms with Gasteiger partial charge in [0.15, 0.2) is 0 Å². The molecule has 3 rings (SSSR count). The minimum Gasteiger partial charge on any atom is -0.343 e. The highest BCUT2D eigenvalue weighted by molar-refractivity contribution is 7.09. The lowest BCUT2D eigenvalue weighted by molar-refractivity contribution is -0.137. The number of carbonyl (C=O) groups excluding carboxylic acids is 1. The fraction of sp³-hybridized carbons (Fsp3) is 0.450. The first-order chi connectivity index (χ1) is 13.9. The smallest absolute Gasteiger partial charge is 0.343 e. The highest BCUT2D eigenvalue weighted by Crippen LogP contribution is 2.31. The molecule has 0 N–H and O–H groups in total. The van der Waals surface area contributed by atoms with Crippen molar-refractivity contribution in [2.75, 3.05) is 31.1 Å². The van der Waals surface area contributed by atoms with Crippen molar-refractivity contribution in [3.8, 4) is 11.8 Å².